The highest BCUT2D eigenvalue weighted by molar-refractivity contribution is 6.19. The van der Waals surface area contributed by atoms with E-state index in [1.165, 1.54) is 6.07 Å². The summed E-state index contributed by atoms with van der Waals surface area (Å²) >= 11 is 5.31. The van der Waals surface area contributed by atoms with Gasteiger partial charge in [-0.1, -0.05) is 0 Å². The molecule has 0 aliphatic carbocycles. The Morgan fingerprint density at radius 1 is 1.47 bits per heavy atom. The van der Waals surface area contributed by atoms with E-state index in [9.17, 15) is 13.6 Å². The molecular formula is C9H9ClF2N2O. The average molecular weight is 235 g/mol. The molecule has 1 rings (SSSR count). The monoisotopic (exact) mass is 234 g/mol. The Labute approximate surface area is 90.2 Å². The molecule has 3 N–H and O–H groups in total. The van der Waals surface area contributed by atoms with Crippen LogP contribution in [-0.4, -0.2) is 11.8 Å². The largest absolute Gasteiger partial charge is 0.397 e. The first-order chi connectivity index (χ1) is 7.06. The summed E-state index contributed by atoms with van der Waals surface area (Å²) in [5.41, 5.74) is 5.01. The normalized spacial score (nSPS) is 10.1. The highest BCUT2D eigenvalue weighted by atomic mass is 35.5. The minimum atomic E-state index is -1.17. The topological polar surface area (TPSA) is 55.1 Å². The van der Waals surface area contributed by atoms with Gasteiger partial charge < -0.3 is 11.1 Å². The fourth-order valence-corrected chi connectivity index (χ4v) is 1.15. The molecule has 6 heteroatoms. The van der Waals surface area contributed by atoms with Crippen molar-refractivity contribution in [2.75, 3.05) is 16.9 Å². The standard InChI is InChI=1S/C9H9ClF2N2O/c10-4-3-7(15)14-9-6(13)2-1-5(11)8(9)12/h1-2H,3-4,13H2,(H,14,15). The second-order valence-electron chi connectivity index (χ2n) is 2.81. The fourth-order valence-electron chi connectivity index (χ4n) is 0.980. The molecule has 1 aromatic carbocycles. The predicted molar refractivity (Wildman–Crippen MR) is 54.7 cm³/mol. The molecule has 0 aliphatic heterocycles. The summed E-state index contributed by atoms with van der Waals surface area (Å²) in [6.07, 6.45) is 0.0109. The molecule has 0 bridgehead atoms. The zero-order valence-corrected chi connectivity index (χ0v) is 8.44. The molecule has 1 amide bonds. The van der Waals surface area contributed by atoms with E-state index in [-0.39, 0.29) is 23.7 Å². The molecular weight excluding hydrogens is 226 g/mol. The van der Waals surface area contributed by atoms with Gasteiger partial charge in [0.2, 0.25) is 5.91 Å². The van der Waals surface area contributed by atoms with Gasteiger partial charge in [0.05, 0.1) is 5.69 Å². The average Bonchev–Trinajstić information content (AvgIpc) is 2.19. The number of anilines is 2. The smallest absolute Gasteiger partial charge is 0.225 e. The number of halogens is 3. The van der Waals surface area contributed by atoms with Crippen molar-refractivity contribution < 1.29 is 13.6 Å². The maximum absolute atomic E-state index is 13.2. The van der Waals surface area contributed by atoms with Gasteiger partial charge in [-0.3, -0.25) is 4.79 Å². The third-order valence-electron chi connectivity index (χ3n) is 1.71. The number of nitrogen functional groups attached to an aromatic ring is 1. The van der Waals surface area contributed by atoms with Crippen LogP contribution in [0.15, 0.2) is 12.1 Å². The zero-order chi connectivity index (χ0) is 11.4. The van der Waals surface area contributed by atoms with Crippen molar-refractivity contribution in [3.05, 3.63) is 23.8 Å². The summed E-state index contributed by atoms with van der Waals surface area (Å²) in [5, 5.41) is 2.16. The molecule has 0 saturated heterocycles. The molecule has 0 aromatic heterocycles. The molecule has 0 atom stereocenters. The Kier molecular flexibility index (Phi) is 3.85. The molecule has 0 fully saturated rings. The summed E-state index contributed by atoms with van der Waals surface area (Å²) in [7, 11) is 0. The lowest BCUT2D eigenvalue weighted by Gasteiger charge is -2.08. The predicted octanol–water partition coefficient (Wildman–Crippen LogP) is 2.11. The molecule has 0 spiro atoms. The number of rotatable bonds is 3. The van der Waals surface area contributed by atoms with Gasteiger partial charge >= 0.3 is 0 Å². The van der Waals surface area contributed by atoms with Crippen LogP contribution in [-0.2, 0) is 4.79 Å². The Morgan fingerprint density at radius 2 is 2.13 bits per heavy atom. The van der Waals surface area contributed by atoms with Crippen LogP contribution in [0.4, 0.5) is 20.2 Å². The van der Waals surface area contributed by atoms with E-state index in [4.69, 9.17) is 17.3 Å². The third-order valence-corrected chi connectivity index (χ3v) is 1.90. The number of nitrogens with one attached hydrogen (secondary N) is 1. The van der Waals surface area contributed by atoms with E-state index in [0.717, 1.165) is 6.07 Å². The van der Waals surface area contributed by atoms with Crippen molar-refractivity contribution in [1.82, 2.24) is 0 Å². The van der Waals surface area contributed by atoms with Crippen LogP contribution in [0.2, 0.25) is 0 Å². The summed E-state index contributed by atoms with van der Waals surface area (Å²) in [6.45, 7) is 0. The molecule has 1 aromatic rings. The Hall–Kier alpha value is -1.36. The fraction of sp³-hybridized carbons (Fsp3) is 0.222. The Morgan fingerprint density at radius 3 is 2.73 bits per heavy atom. The van der Waals surface area contributed by atoms with Gasteiger partial charge in [0.15, 0.2) is 11.6 Å². The van der Waals surface area contributed by atoms with Gasteiger partial charge in [-0.15, -0.1) is 11.6 Å². The second kappa shape index (κ2) is 4.93. The lowest BCUT2D eigenvalue weighted by atomic mass is 10.2. The molecule has 0 heterocycles. The van der Waals surface area contributed by atoms with Crippen LogP contribution < -0.4 is 11.1 Å². The Balaban J connectivity index is 2.93. The highest BCUT2D eigenvalue weighted by Gasteiger charge is 2.13. The van der Waals surface area contributed by atoms with Crippen molar-refractivity contribution in [1.29, 1.82) is 0 Å². The molecule has 3 nitrogen and oxygen atoms in total. The zero-order valence-electron chi connectivity index (χ0n) is 7.69. The van der Waals surface area contributed by atoms with Gasteiger partial charge in [-0.25, -0.2) is 8.78 Å². The van der Waals surface area contributed by atoms with Crippen LogP contribution in [0.5, 0.6) is 0 Å². The molecule has 15 heavy (non-hydrogen) atoms. The maximum atomic E-state index is 13.2. The highest BCUT2D eigenvalue weighted by Crippen LogP contribution is 2.24. The SMILES string of the molecule is Nc1ccc(F)c(F)c1NC(=O)CCCl. The van der Waals surface area contributed by atoms with Gasteiger partial charge in [0.25, 0.3) is 0 Å². The van der Waals surface area contributed by atoms with Gasteiger partial charge in [-0.05, 0) is 12.1 Å². The number of alkyl halides is 1. The minimum Gasteiger partial charge on any atom is -0.397 e. The number of hydrogen-bond acceptors (Lipinski definition) is 2. The van der Waals surface area contributed by atoms with E-state index in [1.54, 1.807) is 0 Å². The van der Waals surface area contributed by atoms with E-state index in [2.05, 4.69) is 5.32 Å². The molecule has 0 unspecified atom stereocenters. The lowest BCUT2D eigenvalue weighted by Crippen LogP contribution is -2.15. The molecule has 82 valence electrons. The first kappa shape index (κ1) is 11.7. The number of nitrogens with two attached hydrogens (primary N) is 1. The lowest BCUT2D eigenvalue weighted by molar-refractivity contribution is -0.115. The maximum Gasteiger partial charge on any atom is 0.225 e. The third kappa shape index (κ3) is 2.79. The van der Waals surface area contributed by atoms with Crippen molar-refractivity contribution >= 4 is 28.9 Å². The van der Waals surface area contributed by atoms with Gasteiger partial charge in [0, 0.05) is 12.3 Å². The van der Waals surface area contributed by atoms with E-state index in [1.807, 2.05) is 0 Å². The first-order valence-electron chi connectivity index (χ1n) is 4.15. The quantitative estimate of drug-likeness (QED) is 0.622. The number of hydrogen-bond donors (Lipinski definition) is 2. The van der Waals surface area contributed by atoms with Crippen LogP contribution in [0.3, 0.4) is 0 Å². The second-order valence-corrected chi connectivity index (χ2v) is 3.19. The number of carbonyl (C=O) groups is 1. The number of carbonyl (C=O) groups excluding carboxylic acids is 1. The summed E-state index contributed by atoms with van der Waals surface area (Å²) < 4.78 is 25.9. The van der Waals surface area contributed by atoms with Crippen LogP contribution in [0.25, 0.3) is 0 Å². The van der Waals surface area contributed by atoms with Crippen molar-refractivity contribution in [3.63, 3.8) is 0 Å². The van der Waals surface area contributed by atoms with E-state index < -0.39 is 17.5 Å². The van der Waals surface area contributed by atoms with Gasteiger partial charge in [0.1, 0.15) is 5.69 Å². The number of amides is 1. The summed E-state index contributed by atoms with van der Waals surface area (Å²) in [6, 6.07) is 2.07. The summed E-state index contributed by atoms with van der Waals surface area (Å²) in [4.78, 5) is 11.1. The first-order valence-corrected chi connectivity index (χ1v) is 4.69. The molecule has 0 aliphatic rings. The van der Waals surface area contributed by atoms with Crippen LogP contribution in [0, 0.1) is 11.6 Å². The number of benzene rings is 1. The molecule has 0 radical (unpaired) electrons. The van der Waals surface area contributed by atoms with Gasteiger partial charge in [-0.2, -0.15) is 0 Å². The van der Waals surface area contributed by atoms with Crippen molar-refractivity contribution in [2.45, 2.75) is 6.42 Å². The molecule has 0 saturated carbocycles. The van der Waals surface area contributed by atoms with Crippen LogP contribution >= 0.6 is 11.6 Å². The minimum absolute atomic E-state index is 0.0109. The van der Waals surface area contributed by atoms with Crippen LogP contribution in [0.1, 0.15) is 6.42 Å². The van der Waals surface area contributed by atoms with Crippen molar-refractivity contribution in [3.8, 4) is 0 Å². The van der Waals surface area contributed by atoms with Crippen molar-refractivity contribution in [2.24, 2.45) is 0 Å². The Bertz CT molecular complexity index is 385. The van der Waals surface area contributed by atoms with E-state index in [0.29, 0.717) is 0 Å². The van der Waals surface area contributed by atoms with E-state index >= 15 is 0 Å². The summed E-state index contributed by atoms with van der Waals surface area (Å²) in [5.74, 6) is -2.65.